The van der Waals surface area contributed by atoms with E-state index >= 15 is 0 Å². The third-order valence-corrected chi connectivity index (χ3v) is 3.74. The van der Waals surface area contributed by atoms with Crippen LogP contribution < -0.4 is 5.11 Å². The van der Waals surface area contributed by atoms with Gasteiger partial charge >= 0.3 is 0 Å². The second kappa shape index (κ2) is 5.27. The van der Waals surface area contributed by atoms with Gasteiger partial charge in [-0.3, -0.25) is 4.79 Å². The minimum Gasteiger partial charge on any atom is -0.550 e. The number of amides is 1. The van der Waals surface area contributed by atoms with E-state index in [0.717, 1.165) is 5.56 Å². The average Bonchev–Trinajstić information content (AvgIpc) is 2.71. The van der Waals surface area contributed by atoms with Crippen molar-refractivity contribution in [3.63, 3.8) is 0 Å². The van der Waals surface area contributed by atoms with Gasteiger partial charge in [-0.2, -0.15) is 0 Å². The summed E-state index contributed by atoms with van der Waals surface area (Å²) in [5, 5.41) is 10.8. The fourth-order valence-electron chi connectivity index (χ4n) is 2.41. The van der Waals surface area contributed by atoms with Gasteiger partial charge in [-0.05, 0) is 16.5 Å². The summed E-state index contributed by atoms with van der Waals surface area (Å²) in [5.74, 6) is -1.92. The van der Waals surface area contributed by atoms with Crippen LogP contribution in [-0.4, -0.2) is 23.3 Å². The molecule has 1 saturated heterocycles. The number of aliphatic carboxylic acids is 1. The number of carbonyl (C=O) groups excluding carboxylic acids is 2. The standard InChI is InChI=1S/C16H21NO3/c1-16(2,3)13-6-4-11(5-7-13)9-17-10-12(15(19)20)8-14(17)18/h4-7,12H,8-10H2,1-3H3,(H,19,20)/p-1/t12-/m1/s1. The molecule has 1 fully saturated rings. The van der Waals surface area contributed by atoms with Gasteiger partial charge in [0, 0.05) is 31.4 Å². The number of carboxylic acids is 1. The first-order valence-electron chi connectivity index (χ1n) is 6.85. The maximum absolute atomic E-state index is 11.8. The third kappa shape index (κ3) is 3.18. The molecule has 1 aliphatic rings. The van der Waals surface area contributed by atoms with Crippen molar-refractivity contribution in [3.05, 3.63) is 35.4 Å². The van der Waals surface area contributed by atoms with Gasteiger partial charge in [0.05, 0.1) is 0 Å². The number of likely N-dealkylation sites (tertiary alicyclic amines) is 1. The third-order valence-electron chi connectivity index (χ3n) is 3.74. The van der Waals surface area contributed by atoms with Gasteiger partial charge in [0.25, 0.3) is 0 Å². The molecule has 1 amide bonds. The quantitative estimate of drug-likeness (QED) is 0.828. The van der Waals surface area contributed by atoms with Crippen molar-refractivity contribution < 1.29 is 14.7 Å². The molecule has 2 rings (SSSR count). The summed E-state index contributed by atoms with van der Waals surface area (Å²) in [5.41, 5.74) is 2.36. The van der Waals surface area contributed by atoms with Crippen molar-refractivity contribution in [2.45, 2.75) is 39.2 Å². The molecule has 1 aromatic rings. The molecule has 1 atom stereocenters. The summed E-state index contributed by atoms with van der Waals surface area (Å²) >= 11 is 0. The molecule has 1 heterocycles. The molecule has 20 heavy (non-hydrogen) atoms. The first kappa shape index (κ1) is 14.6. The fourth-order valence-corrected chi connectivity index (χ4v) is 2.41. The molecular weight excluding hydrogens is 254 g/mol. The average molecular weight is 274 g/mol. The summed E-state index contributed by atoms with van der Waals surface area (Å²) in [7, 11) is 0. The number of rotatable bonds is 3. The van der Waals surface area contributed by atoms with Crippen molar-refractivity contribution in [2.24, 2.45) is 5.92 Å². The second-order valence-electron chi connectivity index (χ2n) is 6.44. The van der Waals surface area contributed by atoms with Crippen LogP contribution in [0.1, 0.15) is 38.3 Å². The van der Waals surface area contributed by atoms with Gasteiger partial charge in [-0.1, -0.05) is 45.0 Å². The first-order valence-corrected chi connectivity index (χ1v) is 6.85. The zero-order valence-corrected chi connectivity index (χ0v) is 12.2. The molecule has 0 aliphatic carbocycles. The summed E-state index contributed by atoms with van der Waals surface area (Å²) in [6, 6.07) is 8.12. The molecule has 4 heteroatoms. The number of carbonyl (C=O) groups is 2. The van der Waals surface area contributed by atoms with Crippen LogP contribution in [0.3, 0.4) is 0 Å². The van der Waals surface area contributed by atoms with E-state index in [-0.39, 0.29) is 24.3 Å². The topological polar surface area (TPSA) is 60.4 Å². The number of nitrogens with zero attached hydrogens (tertiary/aromatic N) is 1. The van der Waals surface area contributed by atoms with Crippen LogP contribution >= 0.6 is 0 Å². The fraction of sp³-hybridized carbons (Fsp3) is 0.500. The van der Waals surface area contributed by atoms with Crippen LogP contribution in [0.4, 0.5) is 0 Å². The predicted molar refractivity (Wildman–Crippen MR) is 73.7 cm³/mol. The lowest BCUT2D eigenvalue weighted by atomic mass is 9.87. The van der Waals surface area contributed by atoms with Gasteiger partial charge in [0.2, 0.25) is 5.91 Å². The van der Waals surface area contributed by atoms with E-state index in [1.807, 2.05) is 12.1 Å². The summed E-state index contributed by atoms with van der Waals surface area (Å²) in [4.78, 5) is 24.2. The predicted octanol–water partition coefficient (Wildman–Crippen LogP) is 1.08. The zero-order valence-electron chi connectivity index (χ0n) is 12.2. The molecule has 4 nitrogen and oxygen atoms in total. The molecule has 0 aromatic heterocycles. The van der Waals surface area contributed by atoms with E-state index in [0.29, 0.717) is 6.54 Å². The Hall–Kier alpha value is -1.84. The number of carboxylic acid groups (broad SMARTS) is 1. The highest BCUT2D eigenvalue weighted by atomic mass is 16.4. The van der Waals surface area contributed by atoms with Gasteiger partial charge < -0.3 is 14.8 Å². The minimum absolute atomic E-state index is 0.0579. The van der Waals surface area contributed by atoms with Gasteiger partial charge in [-0.15, -0.1) is 0 Å². The largest absolute Gasteiger partial charge is 0.550 e. The molecule has 0 spiro atoms. The molecule has 0 radical (unpaired) electrons. The van der Waals surface area contributed by atoms with E-state index < -0.39 is 11.9 Å². The molecule has 0 N–H and O–H groups in total. The van der Waals surface area contributed by atoms with E-state index in [1.165, 1.54) is 5.56 Å². The molecule has 1 aliphatic heterocycles. The SMILES string of the molecule is CC(C)(C)c1ccc(CN2C[C@H](C(=O)[O-])CC2=O)cc1. The Balaban J connectivity index is 2.04. The normalized spacial score (nSPS) is 19.4. The van der Waals surface area contributed by atoms with Crippen molar-refractivity contribution in [2.75, 3.05) is 6.54 Å². The van der Waals surface area contributed by atoms with Crippen LogP contribution in [0.25, 0.3) is 0 Å². The molecular formula is C16H20NO3-. The molecule has 108 valence electrons. The highest BCUT2D eigenvalue weighted by Gasteiger charge is 2.30. The van der Waals surface area contributed by atoms with Crippen LogP contribution in [0.2, 0.25) is 0 Å². The van der Waals surface area contributed by atoms with Gasteiger partial charge in [0.15, 0.2) is 0 Å². The number of hydrogen-bond acceptors (Lipinski definition) is 3. The highest BCUT2D eigenvalue weighted by molar-refractivity contribution is 5.85. The Morgan fingerprint density at radius 2 is 1.90 bits per heavy atom. The van der Waals surface area contributed by atoms with Crippen molar-refractivity contribution in [1.82, 2.24) is 4.90 Å². The number of hydrogen-bond donors (Lipinski definition) is 0. The molecule has 0 saturated carbocycles. The van der Waals surface area contributed by atoms with Crippen LogP contribution in [0, 0.1) is 5.92 Å². The Morgan fingerprint density at radius 1 is 1.30 bits per heavy atom. The maximum Gasteiger partial charge on any atom is 0.223 e. The van der Waals surface area contributed by atoms with Gasteiger partial charge in [-0.25, -0.2) is 0 Å². The maximum atomic E-state index is 11.8. The summed E-state index contributed by atoms with van der Waals surface area (Å²) < 4.78 is 0. The monoisotopic (exact) mass is 274 g/mol. The van der Waals surface area contributed by atoms with E-state index in [1.54, 1.807) is 4.90 Å². The lowest BCUT2D eigenvalue weighted by Crippen LogP contribution is -2.33. The zero-order chi connectivity index (χ0) is 14.9. The van der Waals surface area contributed by atoms with Gasteiger partial charge in [0.1, 0.15) is 0 Å². The van der Waals surface area contributed by atoms with Crippen LogP contribution in [0.5, 0.6) is 0 Å². The Labute approximate surface area is 119 Å². The van der Waals surface area contributed by atoms with E-state index in [9.17, 15) is 14.7 Å². The Kier molecular flexibility index (Phi) is 3.84. The highest BCUT2D eigenvalue weighted by Crippen LogP contribution is 2.24. The molecule has 0 bridgehead atoms. The van der Waals surface area contributed by atoms with Crippen LogP contribution in [-0.2, 0) is 21.5 Å². The van der Waals surface area contributed by atoms with E-state index in [2.05, 4.69) is 32.9 Å². The Morgan fingerprint density at radius 3 is 2.35 bits per heavy atom. The Bertz CT molecular complexity index is 514. The van der Waals surface area contributed by atoms with Crippen LogP contribution in [0.15, 0.2) is 24.3 Å². The summed E-state index contributed by atoms with van der Waals surface area (Å²) in [6.07, 6.45) is 0.0579. The molecule has 1 aromatic carbocycles. The van der Waals surface area contributed by atoms with Crippen molar-refractivity contribution >= 4 is 11.9 Å². The summed E-state index contributed by atoms with van der Waals surface area (Å²) in [6.45, 7) is 7.17. The lowest BCUT2D eigenvalue weighted by molar-refractivity contribution is -0.311. The smallest absolute Gasteiger partial charge is 0.223 e. The lowest BCUT2D eigenvalue weighted by Gasteiger charge is -2.21. The van der Waals surface area contributed by atoms with E-state index in [4.69, 9.17) is 0 Å². The minimum atomic E-state index is -1.14. The first-order chi connectivity index (χ1) is 9.27. The van der Waals surface area contributed by atoms with Crippen molar-refractivity contribution in [3.8, 4) is 0 Å². The van der Waals surface area contributed by atoms with Crippen molar-refractivity contribution in [1.29, 1.82) is 0 Å². The molecule has 0 unspecified atom stereocenters. The number of benzene rings is 1. The second-order valence-corrected chi connectivity index (χ2v) is 6.44.